The molecular weight excluding hydrogens is 370 g/mol. The Morgan fingerprint density at radius 3 is 2.41 bits per heavy atom. The van der Waals surface area contributed by atoms with Crippen LogP contribution in [0.2, 0.25) is 0 Å². The second-order valence-electron chi connectivity index (χ2n) is 8.32. The smallest absolute Gasteiger partial charge is 0.261 e. The van der Waals surface area contributed by atoms with Crippen LogP contribution in [0.15, 0.2) is 18.2 Å². The summed E-state index contributed by atoms with van der Waals surface area (Å²) in [6.07, 6.45) is 5.50. The second-order valence-corrected chi connectivity index (χ2v) is 8.32. The minimum atomic E-state index is -0.364. The van der Waals surface area contributed by atoms with Crippen LogP contribution >= 0.6 is 0 Å². The third kappa shape index (κ3) is 3.78. The lowest BCUT2D eigenvalue weighted by atomic mass is 9.92. The van der Waals surface area contributed by atoms with Crippen molar-refractivity contribution in [1.82, 2.24) is 14.7 Å². The van der Waals surface area contributed by atoms with Crippen molar-refractivity contribution in [2.75, 3.05) is 33.2 Å². The highest BCUT2D eigenvalue weighted by Crippen LogP contribution is 2.26. The van der Waals surface area contributed by atoms with Gasteiger partial charge in [0.05, 0.1) is 11.1 Å². The largest absolute Gasteiger partial charge is 0.343 e. The molecule has 0 saturated carbocycles. The molecule has 3 aliphatic heterocycles. The Bertz CT molecular complexity index is 860. The summed E-state index contributed by atoms with van der Waals surface area (Å²) >= 11 is 0. The maximum atomic E-state index is 13.0. The van der Waals surface area contributed by atoms with Gasteiger partial charge >= 0.3 is 0 Å². The lowest BCUT2D eigenvalue weighted by Gasteiger charge is -2.33. The molecule has 1 aromatic carbocycles. The van der Waals surface area contributed by atoms with E-state index in [4.69, 9.17) is 0 Å². The molecule has 0 radical (unpaired) electrons. The van der Waals surface area contributed by atoms with Gasteiger partial charge in [-0.3, -0.25) is 24.1 Å². The highest BCUT2D eigenvalue weighted by Gasteiger charge is 2.34. The highest BCUT2D eigenvalue weighted by atomic mass is 16.2. The highest BCUT2D eigenvalue weighted by molar-refractivity contribution is 6.21. The van der Waals surface area contributed by atoms with E-state index in [1.54, 1.807) is 18.2 Å². The van der Waals surface area contributed by atoms with Crippen LogP contribution in [0.5, 0.6) is 0 Å². The van der Waals surface area contributed by atoms with E-state index in [1.165, 1.54) is 7.05 Å². The zero-order valence-corrected chi connectivity index (χ0v) is 16.9. The number of carbonyl (C=O) groups is 4. The Labute approximate surface area is 170 Å². The molecule has 0 unspecified atom stereocenters. The van der Waals surface area contributed by atoms with Crippen LogP contribution in [0.25, 0.3) is 0 Å². The summed E-state index contributed by atoms with van der Waals surface area (Å²) in [5.74, 6) is -0.251. The molecule has 2 fully saturated rings. The summed E-state index contributed by atoms with van der Waals surface area (Å²) < 4.78 is 0. The van der Waals surface area contributed by atoms with Gasteiger partial charge < -0.3 is 9.80 Å². The predicted octanol–water partition coefficient (Wildman–Crippen LogP) is 2.17. The van der Waals surface area contributed by atoms with Gasteiger partial charge in [-0.2, -0.15) is 0 Å². The average molecular weight is 397 g/mol. The summed E-state index contributed by atoms with van der Waals surface area (Å²) in [5.41, 5.74) is 1.09. The van der Waals surface area contributed by atoms with Crippen molar-refractivity contribution in [3.05, 3.63) is 34.9 Å². The third-order valence-corrected chi connectivity index (χ3v) is 6.37. The molecule has 0 aliphatic carbocycles. The van der Waals surface area contributed by atoms with E-state index in [0.29, 0.717) is 42.1 Å². The number of hydrogen-bond donors (Lipinski definition) is 0. The first-order valence-electron chi connectivity index (χ1n) is 10.5. The van der Waals surface area contributed by atoms with Gasteiger partial charge in [-0.1, -0.05) is 0 Å². The molecule has 7 nitrogen and oxygen atoms in total. The van der Waals surface area contributed by atoms with E-state index in [9.17, 15) is 19.2 Å². The SMILES string of the molecule is CN1C(=O)c2ccc(C(=O)N3CCC[C@H](CCC(=O)N4CCCC4)C3)cc2C1=O. The number of amides is 4. The number of carbonyl (C=O) groups excluding carboxylic acids is 4. The van der Waals surface area contributed by atoms with Gasteiger partial charge in [0.1, 0.15) is 0 Å². The molecule has 1 atom stereocenters. The van der Waals surface area contributed by atoms with Crippen LogP contribution in [0.1, 0.15) is 69.6 Å². The molecule has 0 N–H and O–H groups in total. The van der Waals surface area contributed by atoms with Gasteiger partial charge in [-0.25, -0.2) is 0 Å². The van der Waals surface area contributed by atoms with Crippen LogP contribution in [0.3, 0.4) is 0 Å². The van der Waals surface area contributed by atoms with Crippen molar-refractivity contribution in [2.45, 2.75) is 38.5 Å². The standard InChI is InChI=1S/C22H27N3O4/c1-23-21(28)17-8-7-16(13-18(17)22(23)29)20(27)25-12-4-5-15(14-25)6-9-19(26)24-10-2-3-11-24/h7-8,13,15H,2-6,9-12,14H2,1H3/t15-/m1/s1. The Kier molecular flexibility index (Phi) is 5.39. The van der Waals surface area contributed by atoms with Gasteiger partial charge in [0.25, 0.3) is 17.7 Å². The quantitative estimate of drug-likeness (QED) is 0.730. The van der Waals surface area contributed by atoms with Gasteiger partial charge in [0, 0.05) is 45.2 Å². The monoisotopic (exact) mass is 397 g/mol. The Morgan fingerprint density at radius 1 is 0.966 bits per heavy atom. The molecule has 0 aromatic heterocycles. The third-order valence-electron chi connectivity index (χ3n) is 6.37. The molecule has 4 amide bonds. The van der Waals surface area contributed by atoms with Crippen molar-refractivity contribution in [3.8, 4) is 0 Å². The van der Waals surface area contributed by atoms with Gasteiger partial charge in [0.2, 0.25) is 5.91 Å². The molecule has 154 valence electrons. The first-order valence-corrected chi connectivity index (χ1v) is 10.5. The fourth-order valence-corrected chi connectivity index (χ4v) is 4.61. The van der Waals surface area contributed by atoms with E-state index in [2.05, 4.69) is 0 Å². The molecule has 0 spiro atoms. The Morgan fingerprint density at radius 2 is 1.66 bits per heavy atom. The average Bonchev–Trinajstić information content (AvgIpc) is 3.36. The fourth-order valence-electron chi connectivity index (χ4n) is 4.61. The molecule has 2 saturated heterocycles. The number of likely N-dealkylation sites (tertiary alicyclic amines) is 2. The summed E-state index contributed by atoms with van der Waals surface area (Å²) in [4.78, 5) is 54.4. The number of imide groups is 1. The number of benzene rings is 1. The van der Waals surface area contributed by atoms with Gasteiger partial charge in [-0.15, -0.1) is 0 Å². The van der Waals surface area contributed by atoms with Crippen LogP contribution in [0, 0.1) is 5.92 Å². The zero-order valence-electron chi connectivity index (χ0n) is 16.9. The maximum absolute atomic E-state index is 13.0. The topological polar surface area (TPSA) is 78.0 Å². The van der Waals surface area contributed by atoms with Crippen molar-refractivity contribution < 1.29 is 19.2 Å². The first kappa shape index (κ1) is 19.6. The summed E-state index contributed by atoms with van der Waals surface area (Å²) in [7, 11) is 1.45. The van der Waals surface area contributed by atoms with Crippen LogP contribution in [-0.4, -0.2) is 71.6 Å². The number of fused-ring (bicyclic) bond motifs is 1. The number of piperidine rings is 1. The van der Waals surface area contributed by atoms with Crippen molar-refractivity contribution in [1.29, 1.82) is 0 Å². The van der Waals surface area contributed by atoms with E-state index in [-0.39, 0.29) is 23.6 Å². The van der Waals surface area contributed by atoms with Crippen LogP contribution in [0.4, 0.5) is 0 Å². The normalized spacial score (nSPS) is 21.7. The van der Waals surface area contributed by atoms with E-state index in [1.807, 2.05) is 9.80 Å². The Balaban J connectivity index is 1.38. The van der Waals surface area contributed by atoms with E-state index >= 15 is 0 Å². The van der Waals surface area contributed by atoms with Gasteiger partial charge in [-0.05, 0) is 56.2 Å². The lowest BCUT2D eigenvalue weighted by molar-refractivity contribution is -0.130. The molecule has 0 bridgehead atoms. The minimum absolute atomic E-state index is 0.113. The predicted molar refractivity (Wildman–Crippen MR) is 107 cm³/mol. The Hall–Kier alpha value is -2.70. The molecule has 7 heteroatoms. The van der Waals surface area contributed by atoms with Crippen LogP contribution < -0.4 is 0 Å². The van der Waals surface area contributed by atoms with E-state index in [0.717, 1.165) is 50.1 Å². The second kappa shape index (κ2) is 7.97. The zero-order chi connectivity index (χ0) is 20.5. The van der Waals surface area contributed by atoms with Gasteiger partial charge in [0.15, 0.2) is 0 Å². The van der Waals surface area contributed by atoms with Crippen molar-refractivity contribution >= 4 is 23.6 Å². The minimum Gasteiger partial charge on any atom is -0.343 e. The maximum Gasteiger partial charge on any atom is 0.261 e. The number of rotatable bonds is 4. The first-order chi connectivity index (χ1) is 14.0. The summed E-state index contributed by atoms with van der Waals surface area (Å²) in [6.45, 7) is 3.07. The number of nitrogens with zero attached hydrogens (tertiary/aromatic N) is 3. The van der Waals surface area contributed by atoms with Crippen LogP contribution in [-0.2, 0) is 4.79 Å². The fraction of sp³-hybridized carbons (Fsp3) is 0.545. The van der Waals surface area contributed by atoms with E-state index < -0.39 is 0 Å². The van der Waals surface area contributed by atoms with Crippen molar-refractivity contribution in [3.63, 3.8) is 0 Å². The van der Waals surface area contributed by atoms with Crippen molar-refractivity contribution in [2.24, 2.45) is 5.92 Å². The number of hydrogen-bond acceptors (Lipinski definition) is 4. The molecule has 1 aromatic rings. The molecule has 29 heavy (non-hydrogen) atoms. The summed E-state index contributed by atoms with van der Waals surface area (Å²) in [6, 6.07) is 4.75. The lowest BCUT2D eigenvalue weighted by Crippen LogP contribution is -2.40. The summed E-state index contributed by atoms with van der Waals surface area (Å²) in [5, 5.41) is 0. The molecule has 3 heterocycles. The molecule has 4 rings (SSSR count). The molecule has 3 aliphatic rings. The molecular formula is C22H27N3O4.